The summed E-state index contributed by atoms with van der Waals surface area (Å²) in [5, 5.41) is 0.689. The van der Waals surface area contributed by atoms with Gasteiger partial charge in [-0.05, 0) is 36.5 Å². The molecule has 0 radical (unpaired) electrons. The first-order chi connectivity index (χ1) is 11.0. The van der Waals surface area contributed by atoms with Gasteiger partial charge in [-0.1, -0.05) is 30.7 Å². The van der Waals surface area contributed by atoms with Crippen molar-refractivity contribution < 1.29 is 9.59 Å². The van der Waals surface area contributed by atoms with Crippen LogP contribution in [0.3, 0.4) is 0 Å². The number of carbonyl (C=O) groups is 2. The minimum atomic E-state index is -0.180. The summed E-state index contributed by atoms with van der Waals surface area (Å²) in [5.74, 6) is 0.613. The molecule has 2 unspecified atom stereocenters. The first-order valence-corrected chi connectivity index (χ1v) is 8.71. The van der Waals surface area contributed by atoms with Crippen molar-refractivity contribution in [2.75, 3.05) is 19.6 Å². The lowest BCUT2D eigenvalue weighted by Gasteiger charge is -2.32. The minimum Gasteiger partial charge on any atom is -0.342 e. The van der Waals surface area contributed by atoms with Crippen LogP contribution in [0.2, 0.25) is 5.02 Å². The van der Waals surface area contributed by atoms with Gasteiger partial charge in [0.15, 0.2) is 0 Å². The number of carbonyl (C=O) groups excluding carboxylic acids is 2. The van der Waals surface area contributed by atoms with E-state index in [1.54, 1.807) is 4.90 Å². The van der Waals surface area contributed by atoms with E-state index >= 15 is 0 Å². The monoisotopic (exact) mass is 334 g/mol. The van der Waals surface area contributed by atoms with Crippen LogP contribution in [0.1, 0.15) is 31.7 Å². The Balaban J connectivity index is 1.60. The van der Waals surface area contributed by atoms with Crippen LogP contribution in [-0.2, 0) is 16.1 Å². The van der Waals surface area contributed by atoms with E-state index in [0.717, 1.165) is 25.1 Å². The molecule has 124 valence electrons. The zero-order valence-electron chi connectivity index (χ0n) is 13.5. The van der Waals surface area contributed by atoms with Gasteiger partial charge in [-0.25, -0.2) is 0 Å². The fourth-order valence-corrected chi connectivity index (χ4v) is 3.67. The highest BCUT2D eigenvalue weighted by atomic mass is 35.5. The van der Waals surface area contributed by atoms with Crippen molar-refractivity contribution in [3.05, 3.63) is 34.9 Å². The van der Waals surface area contributed by atoms with E-state index in [4.69, 9.17) is 11.6 Å². The molecule has 2 amide bonds. The third-order valence-corrected chi connectivity index (χ3v) is 5.07. The molecule has 3 rings (SSSR count). The number of likely N-dealkylation sites (tertiary alicyclic amines) is 2. The topological polar surface area (TPSA) is 40.6 Å². The van der Waals surface area contributed by atoms with Crippen molar-refractivity contribution in [1.29, 1.82) is 0 Å². The maximum absolute atomic E-state index is 12.7. The van der Waals surface area contributed by atoms with Crippen LogP contribution in [0.25, 0.3) is 0 Å². The summed E-state index contributed by atoms with van der Waals surface area (Å²) in [5.41, 5.74) is 1.04. The Kier molecular flexibility index (Phi) is 4.90. The van der Waals surface area contributed by atoms with Crippen LogP contribution < -0.4 is 0 Å². The first-order valence-electron chi connectivity index (χ1n) is 8.34. The van der Waals surface area contributed by atoms with Crippen LogP contribution in [0, 0.1) is 11.8 Å². The second-order valence-corrected chi connectivity index (χ2v) is 7.27. The predicted octanol–water partition coefficient (Wildman–Crippen LogP) is 2.95. The van der Waals surface area contributed by atoms with E-state index < -0.39 is 0 Å². The number of benzene rings is 1. The van der Waals surface area contributed by atoms with Crippen LogP contribution in [0.5, 0.6) is 0 Å². The van der Waals surface area contributed by atoms with Gasteiger partial charge < -0.3 is 9.80 Å². The smallest absolute Gasteiger partial charge is 0.228 e. The summed E-state index contributed by atoms with van der Waals surface area (Å²) < 4.78 is 0. The van der Waals surface area contributed by atoms with E-state index in [0.29, 0.717) is 30.5 Å². The molecule has 0 spiro atoms. The molecule has 5 heteroatoms. The molecular weight excluding hydrogens is 312 g/mol. The van der Waals surface area contributed by atoms with Gasteiger partial charge in [-0.3, -0.25) is 9.59 Å². The van der Waals surface area contributed by atoms with E-state index in [1.807, 2.05) is 29.2 Å². The van der Waals surface area contributed by atoms with Gasteiger partial charge in [0.1, 0.15) is 0 Å². The summed E-state index contributed by atoms with van der Waals surface area (Å²) >= 11 is 5.89. The molecule has 1 aromatic rings. The van der Waals surface area contributed by atoms with E-state index in [9.17, 15) is 9.59 Å². The minimum absolute atomic E-state index is 0.0726. The van der Waals surface area contributed by atoms with Crippen molar-refractivity contribution >= 4 is 23.4 Å². The molecule has 0 aromatic heterocycles. The zero-order valence-corrected chi connectivity index (χ0v) is 14.3. The van der Waals surface area contributed by atoms with Crippen molar-refractivity contribution in [3.8, 4) is 0 Å². The van der Waals surface area contributed by atoms with Gasteiger partial charge in [0, 0.05) is 37.6 Å². The lowest BCUT2D eigenvalue weighted by molar-refractivity contribution is -0.137. The molecule has 0 N–H and O–H groups in total. The van der Waals surface area contributed by atoms with Crippen molar-refractivity contribution in [2.24, 2.45) is 11.8 Å². The Labute approximate surface area is 142 Å². The second-order valence-electron chi connectivity index (χ2n) is 6.83. The summed E-state index contributed by atoms with van der Waals surface area (Å²) in [6.07, 6.45) is 2.61. The van der Waals surface area contributed by atoms with Gasteiger partial charge in [0.2, 0.25) is 11.8 Å². The first kappa shape index (κ1) is 16.3. The zero-order chi connectivity index (χ0) is 16.4. The number of nitrogens with zero attached hydrogens (tertiary/aromatic N) is 2. The SMILES string of the molecule is CC1CCCN(C(=O)C2CC(=O)N(Cc3ccc(Cl)cc3)C2)C1. The maximum atomic E-state index is 12.7. The third kappa shape index (κ3) is 3.86. The highest BCUT2D eigenvalue weighted by molar-refractivity contribution is 6.30. The molecule has 2 saturated heterocycles. The predicted molar refractivity (Wildman–Crippen MR) is 90.0 cm³/mol. The van der Waals surface area contributed by atoms with Crippen LogP contribution in [0.4, 0.5) is 0 Å². The molecule has 0 aliphatic carbocycles. The normalized spacial score (nSPS) is 25.0. The Morgan fingerprint density at radius 1 is 1.26 bits per heavy atom. The lowest BCUT2D eigenvalue weighted by Crippen LogP contribution is -2.43. The fraction of sp³-hybridized carbons (Fsp3) is 0.556. The lowest BCUT2D eigenvalue weighted by atomic mass is 9.98. The molecule has 0 saturated carbocycles. The Morgan fingerprint density at radius 3 is 2.70 bits per heavy atom. The highest BCUT2D eigenvalue weighted by Gasteiger charge is 2.37. The summed E-state index contributed by atoms with van der Waals surface area (Å²) in [6.45, 7) is 4.94. The third-order valence-electron chi connectivity index (χ3n) is 4.82. The molecule has 23 heavy (non-hydrogen) atoms. The average molecular weight is 335 g/mol. The maximum Gasteiger partial charge on any atom is 0.228 e. The molecular formula is C18H23ClN2O2. The van der Waals surface area contributed by atoms with Crippen LogP contribution >= 0.6 is 11.6 Å². The summed E-state index contributed by atoms with van der Waals surface area (Å²) in [6, 6.07) is 7.51. The Morgan fingerprint density at radius 2 is 2.00 bits per heavy atom. The van der Waals surface area contributed by atoms with Gasteiger partial charge in [0.05, 0.1) is 5.92 Å². The van der Waals surface area contributed by atoms with E-state index in [1.165, 1.54) is 6.42 Å². The largest absolute Gasteiger partial charge is 0.342 e. The molecule has 2 atom stereocenters. The number of amides is 2. The quantitative estimate of drug-likeness (QED) is 0.852. The molecule has 2 aliphatic rings. The van der Waals surface area contributed by atoms with Crippen LogP contribution in [0.15, 0.2) is 24.3 Å². The molecule has 1 aromatic carbocycles. The molecule has 0 bridgehead atoms. The van der Waals surface area contributed by atoms with Gasteiger partial charge in [-0.2, -0.15) is 0 Å². The van der Waals surface area contributed by atoms with Crippen molar-refractivity contribution in [3.63, 3.8) is 0 Å². The van der Waals surface area contributed by atoms with Gasteiger partial charge in [-0.15, -0.1) is 0 Å². The Hall–Kier alpha value is -1.55. The molecule has 4 nitrogen and oxygen atoms in total. The summed E-state index contributed by atoms with van der Waals surface area (Å²) in [4.78, 5) is 28.6. The van der Waals surface area contributed by atoms with Crippen molar-refractivity contribution in [2.45, 2.75) is 32.7 Å². The number of rotatable bonds is 3. The number of hydrogen-bond donors (Lipinski definition) is 0. The summed E-state index contributed by atoms with van der Waals surface area (Å²) in [7, 11) is 0. The number of piperidine rings is 1. The van der Waals surface area contributed by atoms with E-state index in [-0.39, 0.29) is 17.7 Å². The number of hydrogen-bond acceptors (Lipinski definition) is 2. The van der Waals surface area contributed by atoms with Gasteiger partial charge in [0.25, 0.3) is 0 Å². The van der Waals surface area contributed by atoms with Crippen molar-refractivity contribution in [1.82, 2.24) is 9.80 Å². The Bertz CT molecular complexity index is 587. The molecule has 2 aliphatic heterocycles. The van der Waals surface area contributed by atoms with Crippen LogP contribution in [-0.4, -0.2) is 41.2 Å². The van der Waals surface area contributed by atoms with E-state index in [2.05, 4.69) is 6.92 Å². The standard InChI is InChI=1S/C18H23ClN2O2/c1-13-3-2-8-20(10-13)18(23)15-9-17(22)21(12-15)11-14-4-6-16(19)7-5-14/h4-7,13,15H,2-3,8-12H2,1H3. The molecule has 2 fully saturated rings. The highest BCUT2D eigenvalue weighted by Crippen LogP contribution is 2.25. The fourth-order valence-electron chi connectivity index (χ4n) is 3.55. The molecule has 2 heterocycles. The van der Waals surface area contributed by atoms with Gasteiger partial charge >= 0.3 is 0 Å². The average Bonchev–Trinajstić information content (AvgIpc) is 2.90. The number of halogens is 1. The second kappa shape index (κ2) is 6.91.